The van der Waals surface area contributed by atoms with Gasteiger partial charge in [0, 0.05) is 31.8 Å². The third-order valence-electron chi connectivity index (χ3n) is 5.35. The van der Waals surface area contributed by atoms with Crippen molar-refractivity contribution in [2.75, 3.05) is 18.1 Å². The number of hydrogen-bond acceptors (Lipinski definition) is 4. The molecular formula is C22H23N3O3. The van der Waals surface area contributed by atoms with Crippen molar-refractivity contribution in [3.63, 3.8) is 0 Å². The first-order chi connectivity index (χ1) is 13.7. The zero-order chi connectivity index (χ0) is 19.7. The zero-order valence-electron chi connectivity index (χ0n) is 15.8. The molecule has 6 nitrogen and oxygen atoms in total. The molecule has 1 atom stereocenters. The number of amides is 1. The fourth-order valence-corrected chi connectivity index (χ4v) is 4.00. The number of para-hydroxylation sites is 2. The summed E-state index contributed by atoms with van der Waals surface area (Å²) in [4.78, 5) is 32.6. The van der Waals surface area contributed by atoms with E-state index in [4.69, 9.17) is 4.98 Å². The van der Waals surface area contributed by atoms with E-state index in [0.29, 0.717) is 42.7 Å². The summed E-state index contributed by atoms with van der Waals surface area (Å²) in [5, 5.41) is 9.80. The van der Waals surface area contributed by atoms with Gasteiger partial charge in [-0.25, -0.2) is 4.98 Å². The molecule has 1 aliphatic rings. The molecule has 2 heterocycles. The SMILES string of the molecule is CCN1C(=O)C(Cc2nc3ccccc3c(=O)n2CCCO)c2ccccc21. The maximum atomic E-state index is 13.0. The first kappa shape index (κ1) is 18.4. The molecule has 0 radical (unpaired) electrons. The van der Waals surface area contributed by atoms with E-state index in [1.807, 2.05) is 49.4 Å². The van der Waals surface area contributed by atoms with E-state index < -0.39 is 0 Å². The van der Waals surface area contributed by atoms with Gasteiger partial charge in [-0.1, -0.05) is 30.3 Å². The number of hydrogen-bond donors (Lipinski definition) is 1. The fraction of sp³-hybridized carbons (Fsp3) is 0.318. The second-order valence-electron chi connectivity index (χ2n) is 6.98. The van der Waals surface area contributed by atoms with Crippen molar-refractivity contribution in [3.05, 3.63) is 70.3 Å². The monoisotopic (exact) mass is 377 g/mol. The number of fused-ring (bicyclic) bond motifs is 2. The van der Waals surface area contributed by atoms with Crippen molar-refractivity contribution in [2.24, 2.45) is 0 Å². The highest BCUT2D eigenvalue weighted by Crippen LogP contribution is 2.38. The largest absolute Gasteiger partial charge is 0.396 e. The van der Waals surface area contributed by atoms with Gasteiger partial charge in [-0.15, -0.1) is 0 Å². The number of carbonyl (C=O) groups excluding carboxylic acids is 1. The number of anilines is 1. The van der Waals surface area contributed by atoms with Crippen LogP contribution in [0.4, 0.5) is 5.69 Å². The van der Waals surface area contributed by atoms with Crippen LogP contribution in [0.3, 0.4) is 0 Å². The summed E-state index contributed by atoms with van der Waals surface area (Å²) in [6.45, 7) is 2.94. The number of rotatable bonds is 6. The van der Waals surface area contributed by atoms with Gasteiger partial charge in [0.2, 0.25) is 5.91 Å². The van der Waals surface area contributed by atoms with Gasteiger partial charge < -0.3 is 10.0 Å². The summed E-state index contributed by atoms with van der Waals surface area (Å²) in [6.07, 6.45) is 0.820. The van der Waals surface area contributed by atoms with Crippen molar-refractivity contribution in [3.8, 4) is 0 Å². The van der Waals surface area contributed by atoms with Crippen molar-refractivity contribution in [2.45, 2.75) is 32.2 Å². The van der Waals surface area contributed by atoms with Crippen LogP contribution in [0, 0.1) is 0 Å². The quantitative estimate of drug-likeness (QED) is 0.716. The first-order valence-electron chi connectivity index (χ1n) is 9.65. The number of aromatic nitrogens is 2. The van der Waals surface area contributed by atoms with E-state index in [-0.39, 0.29) is 24.0 Å². The van der Waals surface area contributed by atoms with Gasteiger partial charge in [0.05, 0.1) is 16.8 Å². The van der Waals surface area contributed by atoms with E-state index in [9.17, 15) is 14.7 Å². The Balaban J connectivity index is 1.81. The lowest BCUT2D eigenvalue weighted by Crippen LogP contribution is -2.31. The van der Waals surface area contributed by atoms with Crippen LogP contribution in [0.2, 0.25) is 0 Å². The van der Waals surface area contributed by atoms with Crippen LogP contribution in [0.1, 0.15) is 30.7 Å². The molecule has 4 rings (SSSR count). The molecule has 0 saturated carbocycles. The summed E-state index contributed by atoms with van der Waals surface area (Å²) in [7, 11) is 0. The van der Waals surface area contributed by atoms with Crippen LogP contribution in [-0.4, -0.2) is 33.7 Å². The molecule has 6 heteroatoms. The first-order valence-corrected chi connectivity index (χ1v) is 9.65. The molecule has 1 aliphatic heterocycles. The summed E-state index contributed by atoms with van der Waals surface area (Å²) in [6, 6.07) is 15.1. The average molecular weight is 377 g/mol. The van der Waals surface area contributed by atoms with E-state index in [0.717, 1.165) is 11.3 Å². The molecule has 28 heavy (non-hydrogen) atoms. The third-order valence-corrected chi connectivity index (χ3v) is 5.35. The Hall–Kier alpha value is -2.99. The van der Waals surface area contributed by atoms with Gasteiger partial charge >= 0.3 is 0 Å². The third kappa shape index (κ3) is 2.99. The number of nitrogens with zero attached hydrogens (tertiary/aromatic N) is 3. The number of likely N-dealkylation sites (N-methyl/N-ethyl adjacent to an activating group) is 1. The highest BCUT2D eigenvalue weighted by molar-refractivity contribution is 6.05. The maximum Gasteiger partial charge on any atom is 0.261 e. The van der Waals surface area contributed by atoms with E-state index in [1.165, 1.54) is 0 Å². The molecule has 2 aromatic carbocycles. The van der Waals surface area contributed by atoms with Gasteiger partial charge in [-0.2, -0.15) is 0 Å². The molecule has 3 aromatic rings. The van der Waals surface area contributed by atoms with E-state index in [1.54, 1.807) is 15.5 Å². The highest BCUT2D eigenvalue weighted by Gasteiger charge is 2.37. The average Bonchev–Trinajstić information content (AvgIpc) is 2.99. The van der Waals surface area contributed by atoms with Crippen LogP contribution in [-0.2, 0) is 17.8 Å². The topological polar surface area (TPSA) is 75.4 Å². The Bertz CT molecular complexity index is 1090. The molecule has 1 unspecified atom stereocenters. The Labute approximate surface area is 163 Å². The van der Waals surface area contributed by atoms with Gasteiger partial charge in [0.25, 0.3) is 5.56 Å². The Morgan fingerprint density at radius 2 is 1.82 bits per heavy atom. The fourth-order valence-electron chi connectivity index (χ4n) is 4.00. The molecule has 0 saturated heterocycles. The second kappa shape index (κ2) is 7.56. The molecule has 0 spiro atoms. The minimum Gasteiger partial charge on any atom is -0.396 e. The van der Waals surface area contributed by atoms with Crippen molar-refractivity contribution < 1.29 is 9.90 Å². The van der Waals surface area contributed by atoms with Gasteiger partial charge in [-0.05, 0) is 37.1 Å². The van der Waals surface area contributed by atoms with Crippen LogP contribution in [0.15, 0.2) is 53.3 Å². The summed E-state index contributed by atoms with van der Waals surface area (Å²) >= 11 is 0. The van der Waals surface area contributed by atoms with Crippen LogP contribution < -0.4 is 10.5 Å². The Morgan fingerprint density at radius 1 is 1.07 bits per heavy atom. The van der Waals surface area contributed by atoms with Crippen LogP contribution >= 0.6 is 0 Å². The molecule has 1 aromatic heterocycles. The van der Waals surface area contributed by atoms with Crippen molar-refractivity contribution in [1.82, 2.24) is 9.55 Å². The van der Waals surface area contributed by atoms with Gasteiger partial charge in [-0.3, -0.25) is 14.2 Å². The van der Waals surface area contributed by atoms with Crippen molar-refractivity contribution >= 4 is 22.5 Å². The molecule has 1 N–H and O–H groups in total. The molecular weight excluding hydrogens is 354 g/mol. The summed E-state index contributed by atoms with van der Waals surface area (Å²) < 4.78 is 1.61. The number of aliphatic hydroxyl groups is 1. The molecule has 144 valence electrons. The van der Waals surface area contributed by atoms with E-state index in [2.05, 4.69) is 0 Å². The molecule has 1 amide bonds. The predicted molar refractivity (Wildman–Crippen MR) is 109 cm³/mol. The lowest BCUT2D eigenvalue weighted by Gasteiger charge is -2.17. The minimum atomic E-state index is -0.357. The Kier molecular flexibility index (Phi) is 4.96. The van der Waals surface area contributed by atoms with Crippen molar-refractivity contribution in [1.29, 1.82) is 0 Å². The minimum absolute atomic E-state index is 0.00644. The van der Waals surface area contributed by atoms with Gasteiger partial charge in [0.15, 0.2) is 0 Å². The van der Waals surface area contributed by atoms with Crippen LogP contribution in [0.5, 0.6) is 0 Å². The standard InChI is InChI=1S/C22H23N3O3/c1-2-24-19-11-6-4-8-15(19)17(22(24)28)14-20-23-18-10-5-3-9-16(18)21(27)25(20)12-7-13-26/h3-6,8-11,17,26H,2,7,12-14H2,1H3. The highest BCUT2D eigenvalue weighted by atomic mass is 16.3. The summed E-state index contributed by atoms with van der Waals surface area (Å²) in [5.74, 6) is 0.271. The van der Waals surface area contributed by atoms with Gasteiger partial charge in [0.1, 0.15) is 5.82 Å². The number of carbonyl (C=O) groups is 1. The Morgan fingerprint density at radius 3 is 2.61 bits per heavy atom. The molecule has 0 bridgehead atoms. The normalized spacial score (nSPS) is 16.0. The smallest absolute Gasteiger partial charge is 0.261 e. The predicted octanol–water partition coefficient (Wildman–Crippen LogP) is 2.47. The zero-order valence-corrected chi connectivity index (χ0v) is 15.8. The van der Waals surface area contributed by atoms with Crippen LogP contribution in [0.25, 0.3) is 10.9 Å². The number of benzene rings is 2. The van der Waals surface area contributed by atoms with E-state index >= 15 is 0 Å². The lowest BCUT2D eigenvalue weighted by molar-refractivity contribution is -0.119. The molecule has 0 fully saturated rings. The second-order valence-corrected chi connectivity index (χ2v) is 6.98. The summed E-state index contributed by atoms with van der Waals surface area (Å²) in [5.41, 5.74) is 2.42. The molecule has 0 aliphatic carbocycles. The number of aliphatic hydroxyl groups excluding tert-OH is 1. The lowest BCUT2D eigenvalue weighted by atomic mass is 9.96. The maximum absolute atomic E-state index is 13.0.